The van der Waals surface area contributed by atoms with Gasteiger partial charge in [-0.05, 0) is 22.6 Å². The van der Waals surface area contributed by atoms with Gasteiger partial charge in [0.2, 0.25) is 0 Å². The van der Waals surface area contributed by atoms with Gasteiger partial charge in [-0.15, -0.1) is 0 Å². The number of hydrogen-bond acceptors (Lipinski definition) is 8. The molecule has 0 amide bonds. The first-order chi connectivity index (χ1) is 13.5. The molecular formula is C16H26IN3O9. The molecule has 0 aromatic rings. The number of aliphatic carboxylic acids is 4. The Balaban J connectivity index is 4.86. The van der Waals surface area contributed by atoms with E-state index in [4.69, 9.17) is 20.4 Å². The molecule has 0 saturated carbocycles. The molecule has 0 fully saturated rings. The third kappa shape index (κ3) is 16.8. The molecule has 0 radical (unpaired) electrons. The van der Waals surface area contributed by atoms with Crippen LogP contribution in [0.2, 0.25) is 0 Å². The fraction of sp³-hybridized carbons (Fsp3) is 0.688. The van der Waals surface area contributed by atoms with E-state index in [9.17, 15) is 24.0 Å². The van der Waals surface area contributed by atoms with Crippen molar-refractivity contribution in [1.29, 1.82) is 0 Å². The standard InChI is InChI=1S/C16H26IN3O9/c17-12(21)1-3-18(9-14(24)25)5-7-20(11-16(28)29)8-6-19(10-15(26)27)4-2-13(22)23/h1-11H2,(H,22,23)(H,24,25)(H,26,27)(H,28,29). The van der Waals surface area contributed by atoms with Crippen LogP contribution in [0.3, 0.4) is 0 Å². The number of carbonyl (C=O) groups is 5. The SMILES string of the molecule is O=C(O)CCN(CCN(CCN(CCC(=O)I)CC(=O)O)CC(=O)O)CC(=O)O. The summed E-state index contributed by atoms with van der Waals surface area (Å²) in [4.78, 5) is 59.3. The Hall–Kier alpha value is -1.84. The molecule has 13 heteroatoms. The zero-order valence-corrected chi connectivity index (χ0v) is 18.0. The highest BCUT2D eigenvalue weighted by Crippen LogP contribution is 2.01. The van der Waals surface area contributed by atoms with Crippen molar-refractivity contribution in [2.45, 2.75) is 12.8 Å². The van der Waals surface area contributed by atoms with Crippen LogP contribution >= 0.6 is 22.6 Å². The number of halogens is 1. The highest BCUT2D eigenvalue weighted by Gasteiger charge is 2.17. The summed E-state index contributed by atoms with van der Waals surface area (Å²) in [5.74, 6) is -4.38. The van der Waals surface area contributed by atoms with Crippen LogP contribution in [0.15, 0.2) is 0 Å². The number of nitrogens with zero attached hydrogens (tertiary/aromatic N) is 3. The van der Waals surface area contributed by atoms with Crippen molar-refractivity contribution < 1.29 is 44.4 Å². The third-order valence-corrected chi connectivity index (χ3v) is 4.35. The van der Waals surface area contributed by atoms with E-state index in [1.54, 1.807) is 22.6 Å². The van der Waals surface area contributed by atoms with Gasteiger partial charge < -0.3 is 20.4 Å². The van der Waals surface area contributed by atoms with Crippen molar-refractivity contribution >= 4 is 50.3 Å². The van der Waals surface area contributed by atoms with Crippen molar-refractivity contribution in [3.05, 3.63) is 0 Å². The van der Waals surface area contributed by atoms with Gasteiger partial charge in [-0.1, -0.05) is 0 Å². The molecule has 0 unspecified atom stereocenters. The molecule has 0 aliphatic rings. The van der Waals surface area contributed by atoms with E-state index >= 15 is 0 Å². The lowest BCUT2D eigenvalue weighted by Crippen LogP contribution is -2.44. The summed E-state index contributed by atoms with van der Waals surface area (Å²) in [7, 11) is 0. The summed E-state index contributed by atoms with van der Waals surface area (Å²) in [6.07, 6.45) is -0.0860. The molecule has 0 aromatic carbocycles. The summed E-state index contributed by atoms with van der Waals surface area (Å²) < 4.78 is -0.122. The van der Waals surface area contributed by atoms with Crippen molar-refractivity contribution in [1.82, 2.24) is 14.7 Å². The Morgan fingerprint density at radius 2 is 0.828 bits per heavy atom. The largest absolute Gasteiger partial charge is 0.481 e. The molecule has 0 saturated heterocycles. The molecule has 0 rings (SSSR count). The molecule has 4 N–H and O–H groups in total. The summed E-state index contributed by atoms with van der Waals surface area (Å²) in [6, 6.07) is 0. The zero-order chi connectivity index (χ0) is 22.4. The van der Waals surface area contributed by atoms with Gasteiger partial charge in [0.1, 0.15) is 0 Å². The van der Waals surface area contributed by atoms with E-state index in [2.05, 4.69) is 0 Å². The van der Waals surface area contributed by atoms with Gasteiger partial charge >= 0.3 is 23.9 Å². The van der Waals surface area contributed by atoms with Crippen LogP contribution in [-0.2, 0) is 24.0 Å². The molecule has 0 aliphatic carbocycles. The van der Waals surface area contributed by atoms with E-state index in [0.29, 0.717) is 0 Å². The molecule has 0 heterocycles. The second-order valence-electron chi connectivity index (χ2n) is 6.26. The second-order valence-corrected chi connectivity index (χ2v) is 7.46. The van der Waals surface area contributed by atoms with Crippen LogP contribution in [0.1, 0.15) is 12.8 Å². The minimum Gasteiger partial charge on any atom is -0.481 e. The predicted molar refractivity (Wildman–Crippen MR) is 108 cm³/mol. The maximum atomic E-state index is 11.1. The first-order valence-electron chi connectivity index (χ1n) is 8.72. The monoisotopic (exact) mass is 531 g/mol. The molecule has 0 aliphatic heterocycles. The third-order valence-electron chi connectivity index (χ3n) is 3.81. The van der Waals surface area contributed by atoms with Crippen molar-refractivity contribution in [3.63, 3.8) is 0 Å². The average Bonchev–Trinajstić information content (AvgIpc) is 2.57. The highest BCUT2D eigenvalue weighted by atomic mass is 127. The van der Waals surface area contributed by atoms with E-state index in [-0.39, 0.29) is 75.5 Å². The van der Waals surface area contributed by atoms with Crippen molar-refractivity contribution in [3.8, 4) is 0 Å². The molecule has 12 nitrogen and oxygen atoms in total. The van der Waals surface area contributed by atoms with Crippen molar-refractivity contribution in [2.24, 2.45) is 0 Å². The quantitative estimate of drug-likeness (QED) is 0.125. The summed E-state index contributed by atoms with van der Waals surface area (Å²) in [6.45, 7) is -0.0996. The molecule has 0 spiro atoms. The maximum Gasteiger partial charge on any atom is 0.317 e. The summed E-state index contributed by atoms with van der Waals surface area (Å²) in [5.41, 5.74) is 0. The molecule has 166 valence electrons. The Morgan fingerprint density at radius 1 is 0.517 bits per heavy atom. The topological polar surface area (TPSA) is 176 Å². The molecule has 29 heavy (non-hydrogen) atoms. The predicted octanol–water partition coefficient (Wildman–Crippen LogP) is -1.03. The van der Waals surface area contributed by atoms with E-state index in [1.807, 2.05) is 0 Å². The zero-order valence-electron chi connectivity index (χ0n) is 15.8. The minimum atomic E-state index is -1.13. The van der Waals surface area contributed by atoms with Gasteiger partial charge in [0.25, 0.3) is 0 Å². The van der Waals surface area contributed by atoms with Crippen LogP contribution < -0.4 is 0 Å². The molecule has 0 atom stereocenters. The van der Waals surface area contributed by atoms with E-state index < -0.39 is 23.9 Å². The normalized spacial score (nSPS) is 11.2. The highest BCUT2D eigenvalue weighted by molar-refractivity contribution is 14.1. The maximum absolute atomic E-state index is 11.1. The Kier molecular flexibility index (Phi) is 14.1. The minimum absolute atomic E-state index is 0.00541. The number of carbonyl (C=O) groups excluding carboxylic acids is 1. The number of carboxylic acids is 4. The second kappa shape index (κ2) is 15.1. The van der Waals surface area contributed by atoms with Gasteiger partial charge in [0.15, 0.2) is 3.79 Å². The number of rotatable bonds is 18. The average molecular weight is 531 g/mol. The van der Waals surface area contributed by atoms with E-state index in [1.165, 1.54) is 14.7 Å². The smallest absolute Gasteiger partial charge is 0.317 e. The fourth-order valence-corrected chi connectivity index (χ4v) is 2.69. The Morgan fingerprint density at radius 3 is 1.10 bits per heavy atom. The van der Waals surface area contributed by atoms with Crippen LogP contribution in [0.4, 0.5) is 0 Å². The summed E-state index contributed by atoms with van der Waals surface area (Å²) >= 11 is 1.61. The Labute approximate surface area is 181 Å². The van der Waals surface area contributed by atoms with Gasteiger partial charge in [-0.25, -0.2) is 0 Å². The van der Waals surface area contributed by atoms with Crippen molar-refractivity contribution in [2.75, 3.05) is 58.9 Å². The molecule has 0 aromatic heterocycles. The molecular weight excluding hydrogens is 505 g/mol. The first kappa shape index (κ1) is 27.2. The number of carboxylic acid groups (broad SMARTS) is 4. The van der Waals surface area contributed by atoms with Crippen LogP contribution in [0.5, 0.6) is 0 Å². The van der Waals surface area contributed by atoms with Crippen LogP contribution in [-0.4, -0.2) is 122 Å². The summed E-state index contributed by atoms with van der Waals surface area (Å²) in [5, 5.41) is 35.8. The lowest BCUT2D eigenvalue weighted by Gasteiger charge is -2.28. The number of hydrogen-bond donors (Lipinski definition) is 4. The van der Waals surface area contributed by atoms with Gasteiger partial charge in [-0.3, -0.25) is 38.7 Å². The van der Waals surface area contributed by atoms with Gasteiger partial charge in [0.05, 0.1) is 26.1 Å². The fourth-order valence-electron chi connectivity index (χ4n) is 2.45. The Bertz CT molecular complexity index is 546. The lowest BCUT2D eigenvalue weighted by molar-refractivity contribution is -0.141. The lowest BCUT2D eigenvalue weighted by atomic mass is 10.3. The first-order valence-corrected chi connectivity index (χ1v) is 9.80. The van der Waals surface area contributed by atoms with Gasteiger partial charge in [0, 0.05) is 45.7 Å². The molecule has 0 bridgehead atoms. The van der Waals surface area contributed by atoms with Crippen LogP contribution in [0.25, 0.3) is 0 Å². The van der Waals surface area contributed by atoms with Crippen LogP contribution in [0, 0.1) is 0 Å². The van der Waals surface area contributed by atoms with Gasteiger partial charge in [-0.2, -0.15) is 0 Å². The van der Waals surface area contributed by atoms with E-state index in [0.717, 1.165) is 0 Å².